The maximum Gasteiger partial charge on any atom is 0.255 e. The zero-order chi connectivity index (χ0) is 22.6. The van der Waals surface area contributed by atoms with Crippen LogP contribution >= 0.6 is 0 Å². The van der Waals surface area contributed by atoms with Gasteiger partial charge in [-0.2, -0.15) is 0 Å². The van der Waals surface area contributed by atoms with Crippen molar-refractivity contribution in [2.24, 2.45) is 0 Å². The van der Waals surface area contributed by atoms with Gasteiger partial charge in [0, 0.05) is 24.8 Å². The summed E-state index contributed by atoms with van der Waals surface area (Å²) in [6.07, 6.45) is 2.93. The largest absolute Gasteiger partial charge is 0.381 e. The number of amides is 1. The molecule has 4 nitrogen and oxygen atoms in total. The molecule has 32 heavy (non-hydrogen) atoms. The second kappa shape index (κ2) is 9.68. The molecule has 1 aliphatic rings. The lowest BCUT2D eigenvalue weighted by molar-refractivity contribution is -0.130. The third-order valence-corrected chi connectivity index (χ3v) is 6.24. The average molecular weight is 429 g/mol. The van der Waals surface area contributed by atoms with Crippen LogP contribution in [0.1, 0.15) is 42.5 Å². The van der Waals surface area contributed by atoms with Gasteiger partial charge < -0.3 is 10.4 Å². The van der Waals surface area contributed by atoms with Gasteiger partial charge in [0.05, 0.1) is 0 Å². The topological polar surface area (TPSA) is 52.6 Å². The van der Waals surface area contributed by atoms with Crippen LogP contribution < -0.4 is 5.32 Å². The summed E-state index contributed by atoms with van der Waals surface area (Å²) in [4.78, 5) is 15.0. The lowest BCUT2D eigenvalue weighted by atomic mass is 9.85. The average Bonchev–Trinajstić information content (AvgIpc) is 2.79. The maximum atomic E-state index is 12.4. The van der Waals surface area contributed by atoms with Gasteiger partial charge in [-0.3, -0.25) is 9.69 Å². The second-order valence-corrected chi connectivity index (χ2v) is 9.23. The third-order valence-electron chi connectivity index (χ3n) is 6.24. The predicted molar refractivity (Wildman–Crippen MR) is 129 cm³/mol. The highest BCUT2D eigenvalue weighted by Gasteiger charge is 2.29. The van der Waals surface area contributed by atoms with Crippen LogP contribution in [0.2, 0.25) is 0 Å². The normalized spacial score (nSPS) is 15.9. The number of nitrogens with one attached hydrogen (secondary N) is 1. The molecule has 3 aromatic rings. The number of nitrogens with zero attached hydrogens (tertiary/aromatic N) is 1. The molecule has 2 N–H and O–H groups in total. The summed E-state index contributed by atoms with van der Waals surface area (Å²) < 4.78 is 0. The van der Waals surface area contributed by atoms with Crippen LogP contribution in [0, 0.1) is 0 Å². The Kier molecular flexibility index (Phi) is 6.73. The quantitative estimate of drug-likeness (QED) is 0.559. The van der Waals surface area contributed by atoms with Gasteiger partial charge in [0.2, 0.25) is 0 Å². The van der Waals surface area contributed by atoms with E-state index in [0.29, 0.717) is 6.04 Å². The molecule has 0 saturated carbocycles. The van der Waals surface area contributed by atoms with Crippen molar-refractivity contribution in [1.82, 2.24) is 4.90 Å². The lowest BCUT2D eigenvalue weighted by Gasteiger charge is -2.36. The summed E-state index contributed by atoms with van der Waals surface area (Å²) in [5.41, 5.74) is 4.49. The predicted octanol–water partition coefficient (Wildman–Crippen LogP) is 4.96. The summed E-state index contributed by atoms with van der Waals surface area (Å²) in [6.45, 7) is 4.80. The molecule has 4 heteroatoms. The number of carbonyl (C=O) groups is 1. The Morgan fingerprint density at radius 3 is 2.09 bits per heavy atom. The van der Waals surface area contributed by atoms with Crippen molar-refractivity contribution in [2.45, 2.75) is 57.8 Å². The van der Waals surface area contributed by atoms with E-state index in [4.69, 9.17) is 0 Å². The fourth-order valence-electron chi connectivity index (χ4n) is 4.42. The van der Waals surface area contributed by atoms with Crippen molar-refractivity contribution in [1.29, 1.82) is 0 Å². The van der Waals surface area contributed by atoms with Gasteiger partial charge in [-0.05, 0) is 61.4 Å². The minimum Gasteiger partial charge on any atom is -0.381 e. The molecule has 0 aromatic heterocycles. The highest BCUT2D eigenvalue weighted by molar-refractivity contribution is 5.97. The number of aliphatic hydroxyl groups is 1. The highest BCUT2D eigenvalue weighted by atomic mass is 16.3. The van der Waals surface area contributed by atoms with Gasteiger partial charge in [0.25, 0.3) is 5.91 Å². The lowest BCUT2D eigenvalue weighted by Crippen LogP contribution is -2.40. The van der Waals surface area contributed by atoms with Gasteiger partial charge in [-0.15, -0.1) is 0 Å². The van der Waals surface area contributed by atoms with Crippen LogP contribution in [-0.2, 0) is 30.7 Å². The molecule has 0 radical (unpaired) electrons. The molecule has 1 aliphatic carbocycles. The Morgan fingerprint density at radius 1 is 0.938 bits per heavy atom. The zero-order valence-electron chi connectivity index (χ0n) is 18.9. The van der Waals surface area contributed by atoms with Crippen LogP contribution in [0.5, 0.6) is 0 Å². The fraction of sp³-hybridized carbons (Fsp3) is 0.321. The molecular formula is C28H32N2O2. The molecular weight excluding hydrogens is 396 g/mol. The second-order valence-electron chi connectivity index (χ2n) is 9.23. The van der Waals surface area contributed by atoms with Gasteiger partial charge in [-0.1, -0.05) is 72.8 Å². The minimum absolute atomic E-state index is 0.364. The van der Waals surface area contributed by atoms with E-state index in [0.717, 1.165) is 38.0 Å². The molecule has 0 unspecified atom stereocenters. The van der Waals surface area contributed by atoms with Crippen molar-refractivity contribution in [3.63, 3.8) is 0 Å². The van der Waals surface area contributed by atoms with Crippen molar-refractivity contribution >= 4 is 11.6 Å². The first kappa shape index (κ1) is 22.3. The van der Waals surface area contributed by atoms with Crippen molar-refractivity contribution < 1.29 is 9.90 Å². The van der Waals surface area contributed by atoms with Crippen LogP contribution in [0.4, 0.5) is 5.69 Å². The monoisotopic (exact) mass is 428 g/mol. The van der Waals surface area contributed by atoms with Crippen LogP contribution in [0.25, 0.3) is 0 Å². The van der Waals surface area contributed by atoms with E-state index in [2.05, 4.69) is 76.9 Å². The van der Waals surface area contributed by atoms with Gasteiger partial charge in [0.1, 0.15) is 5.60 Å². The zero-order valence-corrected chi connectivity index (χ0v) is 18.9. The van der Waals surface area contributed by atoms with E-state index in [9.17, 15) is 9.90 Å². The minimum atomic E-state index is -1.41. The Labute approximate surface area is 190 Å². The number of anilines is 1. The number of benzene rings is 3. The van der Waals surface area contributed by atoms with Gasteiger partial charge >= 0.3 is 0 Å². The number of fused-ring (bicyclic) bond motifs is 1. The Hall–Kier alpha value is -2.95. The molecule has 4 rings (SSSR count). The van der Waals surface area contributed by atoms with Crippen molar-refractivity contribution in [3.05, 3.63) is 101 Å². The van der Waals surface area contributed by atoms with E-state index in [-0.39, 0.29) is 5.91 Å². The fourth-order valence-corrected chi connectivity index (χ4v) is 4.42. The first-order chi connectivity index (χ1) is 15.4. The first-order valence-electron chi connectivity index (χ1n) is 11.4. The molecule has 1 atom stereocenters. The number of rotatable bonds is 7. The van der Waals surface area contributed by atoms with E-state index in [1.807, 2.05) is 12.1 Å². The number of hydrogen-bond acceptors (Lipinski definition) is 3. The Balaban J connectivity index is 1.59. The smallest absolute Gasteiger partial charge is 0.255 e. The number of carbonyl (C=O) groups excluding carboxylic acids is 1. The summed E-state index contributed by atoms with van der Waals surface area (Å²) in [7, 11) is 0. The molecule has 3 aromatic carbocycles. The van der Waals surface area contributed by atoms with Gasteiger partial charge in [0.15, 0.2) is 0 Å². The molecule has 0 saturated heterocycles. The van der Waals surface area contributed by atoms with E-state index in [1.54, 1.807) is 0 Å². The standard InChI is InChI=1S/C28H32N2O2/c1-28(2,32)27(31)29-26-15-9-14-23-16-17-24(18-25(23)26)30(19-21-10-5-3-6-11-21)20-22-12-7-4-8-13-22/h3-15,24,32H,16-20H2,1-2H3,(H,29,31)/t24-/m1/s1. The van der Waals surface area contributed by atoms with Crippen LogP contribution in [-0.4, -0.2) is 27.6 Å². The first-order valence-corrected chi connectivity index (χ1v) is 11.4. The molecule has 0 spiro atoms. The molecule has 0 aliphatic heterocycles. The number of hydrogen-bond donors (Lipinski definition) is 2. The van der Waals surface area contributed by atoms with E-state index in [1.165, 1.54) is 36.1 Å². The summed E-state index contributed by atoms with van der Waals surface area (Å²) in [5, 5.41) is 13.1. The highest BCUT2D eigenvalue weighted by Crippen LogP contribution is 2.32. The van der Waals surface area contributed by atoms with Crippen LogP contribution in [0.15, 0.2) is 78.9 Å². The molecule has 0 fully saturated rings. The Morgan fingerprint density at radius 2 is 1.53 bits per heavy atom. The molecule has 1 amide bonds. The van der Waals surface area contributed by atoms with Crippen LogP contribution in [0.3, 0.4) is 0 Å². The molecule has 0 bridgehead atoms. The third kappa shape index (κ3) is 5.45. The van der Waals surface area contributed by atoms with Crippen molar-refractivity contribution in [3.8, 4) is 0 Å². The van der Waals surface area contributed by atoms with Gasteiger partial charge in [-0.25, -0.2) is 0 Å². The number of aryl methyl sites for hydroxylation is 1. The summed E-state index contributed by atoms with van der Waals surface area (Å²) in [6, 6.07) is 27.7. The Bertz CT molecular complexity index is 1000. The van der Waals surface area contributed by atoms with E-state index >= 15 is 0 Å². The SMILES string of the molecule is CC(C)(O)C(=O)Nc1cccc2c1C[C@H](N(Cc1ccccc1)Cc1ccccc1)CC2. The molecule has 166 valence electrons. The van der Waals surface area contributed by atoms with E-state index < -0.39 is 5.60 Å². The summed E-state index contributed by atoms with van der Waals surface area (Å²) >= 11 is 0. The molecule has 0 heterocycles. The summed E-state index contributed by atoms with van der Waals surface area (Å²) in [5.74, 6) is -0.376. The maximum absolute atomic E-state index is 12.4. The van der Waals surface area contributed by atoms with Crippen molar-refractivity contribution in [2.75, 3.05) is 5.32 Å².